The number of halogens is 2. The van der Waals surface area contributed by atoms with Crippen molar-refractivity contribution in [3.8, 4) is 17.2 Å². The second kappa shape index (κ2) is 9.64. The Kier molecular flexibility index (Phi) is 6.67. The molecule has 1 heterocycles. The zero-order valence-corrected chi connectivity index (χ0v) is 19.1. The van der Waals surface area contributed by atoms with Gasteiger partial charge in [-0.25, -0.2) is 14.8 Å². The van der Waals surface area contributed by atoms with Gasteiger partial charge in [-0.1, -0.05) is 41.4 Å². The summed E-state index contributed by atoms with van der Waals surface area (Å²) in [7, 11) is 0. The molecule has 1 saturated carbocycles. The van der Waals surface area contributed by atoms with Gasteiger partial charge in [0.2, 0.25) is 5.91 Å². The lowest BCUT2D eigenvalue weighted by molar-refractivity contribution is -0.124. The van der Waals surface area contributed by atoms with Crippen LogP contribution in [0.4, 0.5) is 4.79 Å². The average molecular weight is 487 g/mol. The van der Waals surface area contributed by atoms with Gasteiger partial charge in [-0.05, 0) is 49.6 Å². The molecular formula is C23H20Cl2N4O4. The first kappa shape index (κ1) is 22.8. The van der Waals surface area contributed by atoms with Crippen LogP contribution in [-0.4, -0.2) is 27.5 Å². The molecule has 33 heavy (non-hydrogen) atoms. The van der Waals surface area contributed by atoms with Crippen LogP contribution < -0.4 is 20.1 Å². The van der Waals surface area contributed by atoms with Crippen molar-refractivity contribution in [3.05, 3.63) is 76.8 Å². The third-order valence-electron chi connectivity index (χ3n) is 5.12. The highest BCUT2D eigenvalue weighted by molar-refractivity contribution is 6.32. The number of ether oxygens (including phenoxy) is 2. The van der Waals surface area contributed by atoms with E-state index in [0.29, 0.717) is 39.9 Å². The summed E-state index contributed by atoms with van der Waals surface area (Å²) in [4.78, 5) is 32.6. The topological polar surface area (TPSA) is 102 Å². The lowest BCUT2D eigenvalue weighted by atomic mass is 10.1. The highest BCUT2D eigenvalue weighted by atomic mass is 35.5. The number of hydrogen-bond donors (Lipinski definition) is 2. The standard InChI is InChI=1S/C23H20Cl2N4O4/c1-14(17-7-6-15(10-19(17)25)32-20-5-3-2-4-18(20)24)28-21(30)23(8-9-23)29-22(31)33-16-11-26-13-27-12-16/h2-7,10-14H,8-9H2,1H3,(H,28,30)(H,29,31). The number of amides is 2. The highest BCUT2D eigenvalue weighted by Gasteiger charge is 2.52. The van der Waals surface area contributed by atoms with Gasteiger partial charge < -0.3 is 20.1 Å². The third-order valence-corrected chi connectivity index (χ3v) is 5.76. The van der Waals surface area contributed by atoms with E-state index >= 15 is 0 Å². The largest absolute Gasteiger partial charge is 0.456 e. The Morgan fingerprint density at radius 1 is 1.03 bits per heavy atom. The summed E-state index contributed by atoms with van der Waals surface area (Å²) in [5, 5.41) is 6.45. The molecule has 2 aromatic carbocycles. The van der Waals surface area contributed by atoms with Crippen molar-refractivity contribution in [2.24, 2.45) is 0 Å². The van der Waals surface area contributed by atoms with Crippen molar-refractivity contribution in [2.75, 3.05) is 0 Å². The van der Waals surface area contributed by atoms with E-state index < -0.39 is 17.7 Å². The van der Waals surface area contributed by atoms with Gasteiger partial charge in [-0.15, -0.1) is 0 Å². The van der Waals surface area contributed by atoms with Gasteiger partial charge in [-0.2, -0.15) is 0 Å². The Bertz CT molecular complexity index is 1170. The lowest BCUT2D eigenvalue weighted by Crippen LogP contribution is -2.50. The molecule has 4 rings (SSSR count). The molecule has 3 aromatic rings. The van der Waals surface area contributed by atoms with Gasteiger partial charge in [0.1, 0.15) is 23.4 Å². The number of nitrogens with one attached hydrogen (secondary N) is 2. The Labute approximate surface area is 200 Å². The molecule has 10 heteroatoms. The first-order valence-corrected chi connectivity index (χ1v) is 10.9. The summed E-state index contributed by atoms with van der Waals surface area (Å²) in [6.45, 7) is 1.81. The van der Waals surface area contributed by atoms with Crippen LogP contribution in [-0.2, 0) is 4.79 Å². The number of nitrogens with zero attached hydrogens (tertiary/aromatic N) is 2. The van der Waals surface area contributed by atoms with E-state index in [4.69, 9.17) is 32.7 Å². The van der Waals surface area contributed by atoms with E-state index in [1.165, 1.54) is 18.7 Å². The fraction of sp³-hybridized carbons (Fsp3) is 0.217. The molecule has 0 saturated heterocycles. The maximum atomic E-state index is 12.9. The van der Waals surface area contributed by atoms with Crippen molar-refractivity contribution in [1.82, 2.24) is 20.6 Å². The zero-order chi connectivity index (χ0) is 23.4. The first-order valence-electron chi connectivity index (χ1n) is 10.1. The predicted molar refractivity (Wildman–Crippen MR) is 123 cm³/mol. The minimum Gasteiger partial charge on any atom is -0.456 e. The van der Waals surface area contributed by atoms with Crippen LogP contribution in [0.1, 0.15) is 31.4 Å². The molecule has 1 unspecified atom stereocenters. The molecule has 0 aliphatic heterocycles. The number of benzene rings is 2. The number of hydrogen-bond acceptors (Lipinski definition) is 6. The quantitative estimate of drug-likeness (QED) is 0.482. The minimum absolute atomic E-state index is 0.186. The Hall–Kier alpha value is -3.36. The van der Waals surface area contributed by atoms with Crippen LogP contribution in [0.2, 0.25) is 10.0 Å². The molecule has 1 aliphatic rings. The predicted octanol–water partition coefficient (Wildman–Crippen LogP) is 5.07. The molecule has 1 fully saturated rings. The first-order chi connectivity index (χ1) is 15.9. The van der Waals surface area contributed by atoms with Gasteiger partial charge in [-0.3, -0.25) is 4.79 Å². The summed E-state index contributed by atoms with van der Waals surface area (Å²) >= 11 is 12.6. The summed E-state index contributed by atoms with van der Waals surface area (Å²) < 4.78 is 10.9. The van der Waals surface area contributed by atoms with Crippen LogP contribution in [0.3, 0.4) is 0 Å². The van der Waals surface area contributed by atoms with E-state index in [1.807, 2.05) is 19.1 Å². The SMILES string of the molecule is CC(NC(=O)C1(NC(=O)Oc2cncnc2)CC1)c1ccc(Oc2ccccc2Cl)cc1Cl. The molecular weight excluding hydrogens is 467 g/mol. The molecule has 0 spiro atoms. The summed E-state index contributed by atoms with van der Waals surface area (Å²) in [5.74, 6) is 0.901. The number of rotatable bonds is 7. The molecule has 8 nitrogen and oxygen atoms in total. The van der Waals surface area contributed by atoms with E-state index in [-0.39, 0.29) is 11.7 Å². The van der Waals surface area contributed by atoms with Crippen molar-refractivity contribution < 1.29 is 19.1 Å². The fourth-order valence-corrected chi connectivity index (χ4v) is 3.70. The van der Waals surface area contributed by atoms with Crippen molar-refractivity contribution in [2.45, 2.75) is 31.3 Å². The van der Waals surface area contributed by atoms with Gasteiger partial charge >= 0.3 is 6.09 Å². The van der Waals surface area contributed by atoms with Crippen molar-refractivity contribution in [1.29, 1.82) is 0 Å². The second-order valence-electron chi connectivity index (χ2n) is 7.58. The lowest BCUT2D eigenvalue weighted by Gasteiger charge is -2.21. The zero-order valence-electron chi connectivity index (χ0n) is 17.5. The molecule has 2 N–H and O–H groups in total. The van der Waals surface area contributed by atoms with Crippen LogP contribution in [0, 0.1) is 0 Å². The molecule has 2 amide bonds. The van der Waals surface area contributed by atoms with E-state index in [0.717, 1.165) is 0 Å². The maximum absolute atomic E-state index is 12.9. The van der Waals surface area contributed by atoms with Gasteiger partial charge in [0.05, 0.1) is 23.5 Å². The molecule has 1 aromatic heterocycles. The Morgan fingerprint density at radius 2 is 1.76 bits per heavy atom. The number of carbonyl (C=O) groups excluding carboxylic acids is 2. The smallest absolute Gasteiger partial charge is 0.413 e. The van der Waals surface area contributed by atoms with Crippen LogP contribution >= 0.6 is 23.2 Å². The monoisotopic (exact) mass is 486 g/mol. The van der Waals surface area contributed by atoms with Crippen LogP contribution in [0.25, 0.3) is 0 Å². The van der Waals surface area contributed by atoms with E-state index in [9.17, 15) is 9.59 Å². The van der Waals surface area contributed by atoms with Crippen molar-refractivity contribution in [3.63, 3.8) is 0 Å². The molecule has 170 valence electrons. The van der Waals surface area contributed by atoms with Crippen molar-refractivity contribution >= 4 is 35.2 Å². The fourth-order valence-electron chi connectivity index (χ4n) is 3.19. The van der Waals surface area contributed by atoms with Crippen LogP contribution in [0.5, 0.6) is 17.2 Å². The van der Waals surface area contributed by atoms with Gasteiger partial charge in [0.25, 0.3) is 0 Å². The summed E-state index contributed by atoms with van der Waals surface area (Å²) in [6, 6.07) is 11.9. The minimum atomic E-state index is -1.01. The number of aromatic nitrogens is 2. The third kappa shape index (κ3) is 5.53. The summed E-state index contributed by atoms with van der Waals surface area (Å²) in [6.07, 6.45) is 4.30. The van der Waals surface area contributed by atoms with E-state index in [2.05, 4.69) is 20.6 Å². The molecule has 0 bridgehead atoms. The van der Waals surface area contributed by atoms with Gasteiger partial charge in [0, 0.05) is 5.02 Å². The van der Waals surface area contributed by atoms with Crippen LogP contribution in [0.15, 0.2) is 61.2 Å². The highest BCUT2D eigenvalue weighted by Crippen LogP contribution is 2.37. The van der Waals surface area contributed by atoms with Gasteiger partial charge in [0.15, 0.2) is 5.75 Å². The summed E-state index contributed by atoms with van der Waals surface area (Å²) in [5.41, 5.74) is -0.308. The van der Waals surface area contributed by atoms with E-state index in [1.54, 1.807) is 30.3 Å². The Balaban J connectivity index is 1.37. The molecule has 1 aliphatic carbocycles. The maximum Gasteiger partial charge on any atom is 0.413 e. The molecule has 0 radical (unpaired) electrons. The average Bonchev–Trinajstić information content (AvgIpc) is 3.56. The molecule has 1 atom stereocenters. The second-order valence-corrected chi connectivity index (χ2v) is 8.40. The number of carbonyl (C=O) groups is 2. The Morgan fingerprint density at radius 3 is 2.42 bits per heavy atom. The normalized spacial score (nSPS) is 14.6. The number of para-hydroxylation sites is 1.